The fourth-order valence-corrected chi connectivity index (χ4v) is 2.40. The second-order valence-electron chi connectivity index (χ2n) is 4.23. The number of rotatable bonds is 2. The van der Waals surface area contributed by atoms with Crippen LogP contribution in [0, 0.1) is 5.92 Å². The normalized spacial score (nSPS) is 19.4. The van der Waals surface area contributed by atoms with E-state index in [1.54, 1.807) is 6.92 Å². The number of fused-ring (bicyclic) bond motifs is 1. The molecule has 0 N–H and O–H groups in total. The van der Waals surface area contributed by atoms with E-state index in [4.69, 9.17) is 0 Å². The monoisotopic (exact) mass is 294 g/mol. The Labute approximate surface area is 107 Å². The Morgan fingerprint density at radius 1 is 1.32 bits per heavy atom. The van der Waals surface area contributed by atoms with E-state index in [0.717, 1.165) is 6.07 Å². The van der Waals surface area contributed by atoms with Gasteiger partial charge in [0.15, 0.2) is 5.78 Å². The maximum atomic E-state index is 12.2. The van der Waals surface area contributed by atoms with Crippen molar-refractivity contribution >= 4 is 15.9 Å². The molecule has 2 rings (SSSR count). The van der Waals surface area contributed by atoms with E-state index in [2.05, 4.69) is 4.18 Å². The van der Waals surface area contributed by atoms with Gasteiger partial charge in [0.25, 0.3) is 0 Å². The van der Waals surface area contributed by atoms with Gasteiger partial charge in [-0.2, -0.15) is 21.6 Å². The zero-order chi connectivity index (χ0) is 14.4. The van der Waals surface area contributed by atoms with Crippen LogP contribution in [0.4, 0.5) is 13.2 Å². The fraction of sp³-hybridized carbons (Fsp3) is 0.364. The summed E-state index contributed by atoms with van der Waals surface area (Å²) in [6.07, 6.45) is 0.164. The first kappa shape index (κ1) is 13.9. The average molecular weight is 294 g/mol. The van der Waals surface area contributed by atoms with Gasteiger partial charge in [0.2, 0.25) is 0 Å². The highest BCUT2D eigenvalue weighted by molar-refractivity contribution is 7.88. The van der Waals surface area contributed by atoms with Crippen LogP contribution in [0.15, 0.2) is 18.2 Å². The second kappa shape index (κ2) is 4.22. The minimum atomic E-state index is -5.72. The summed E-state index contributed by atoms with van der Waals surface area (Å²) in [4.78, 5) is 11.7. The lowest BCUT2D eigenvalue weighted by molar-refractivity contribution is -0.0500. The first-order valence-corrected chi connectivity index (χ1v) is 6.71. The van der Waals surface area contributed by atoms with Crippen molar-refractivity contribution in [2.45, 2.75) is 18.9 Å². The minimum Gasteiger partial charge on any atom is -0.376 e. The third-order valence-corrected chi connectivity index (χ3v) is 3.81. The van der Waals surface area contributed by atoms with Crippen molar-refractivity contribution in [1.82, 2.24) is 0 Å². The van der Waals surface area contributed by atoms with E-state index in [1.807, 2.05) is 0 Å². The third-order valence-electron chi connectivity index (χ3n) is 2.84. The van der Waals surface area contributed by atoms with Gasteiger partial charge in [-0.1, -0.05) is 19.1 Å². The van der Waals surface area contributed by atoms with E-state index in [0.29, 0.717) is 0 Å². The lowest BCUT2D eigenvalue weighted by Crippen LogP contribution is -2.28. The summed E-state index contributed by atoms with van der Waals surface area (Å²) in [6.45, 7) is 1.62. The first-order chi connectivity index (χ1) is 8.63. The van der Waals surface area contributed by atoms with E-state index < -0.39 is 27.3 Å². The van der Waals surface area contributed by atoms with Crippen molar-refractivity contribution in [2.24, 2.45) is 5.92 Å². The fourth-order valence-electron chi connectivity index (χ4n) is 1.91. The van der Waals surface area contributed by atoms with E-state index in [1.165, 1.54) is 12.1 Å². The standard InChI is InChI=1S/C11H9F3O4S/c1-6-5-8-7(10(6)15)3-2-4-9(8)18-19(16,17)11(12,13)14/h2-4,6H,5H2,1H3. The molecular weight excluding hydrogens is 285 g/mol. The number of halogens is 3. The highest BCUT2D eigenvalue weighted by atomic mass is 32.2. The van der Waals surface area contributed by atoms with Crippen molar-refractivity contribution in [3.63, 3.8) is 0 Å². The Morgan fingerprint density at radius 2 is 1.95 bits per heavy atom. The summed E-state index contributed by atoms with van der Waals surface area (Å²) >= 11 is 0. The van der Waals surface area contributed by atoms with Crippen LogP contribution < -0.4 is 4.18 Å². The number of benzene rings is 1. The summed E-state index contributed by atoms with van der Waals surface area (Å²) < 4.78 is 62.7. The highest BCUT2D eigenvalue weighted by Gasteiger charge is 2.49. The topological polar surface area (TPSA) is 60.4 Å². The third kappa shape index (κ3) is 2.32. The molecule has 1 aromatic carbocycles. The minimum absolute atomic E-state index is 0.164. The number of hydrogen-bond donors (Lipinski definition) is 0. The molecule has 0 aliphatic heterocycles. The smallest absolute Gasteiger partial charge is 0.376 e. The molecular formula is C11H9F3O4S. The summed E-state index contributed by atoms with van der Waals surface area (Å²) in [7, 11) is -5.72. The summed E-state index contributed by atoms with van der Waals surface area (Å²) in [6, 6.07) is 3.83. The van der Waals surface area contributed by atoms with Crippen LogP contribution >= 0.6 is 0 Å². The van der Waals surface area contributed by atoms with Crippen LogP contribution in [0.25, 0.3) is 0 Å². The zero-order valence-corrected chi connectivity index (χ0v) is 10.5. The van der Waals surface area contributed by atoms with Crippen LogP contribution in [0.2, 0.25) is 0 Å². The van der Waals surface area contributed by atoms with Crippen LogP contribution in [0.5, 0.6) is 5.75 Å². The molecule has 1 unspecified atom stereocenters. The predicted molar refractivity (Wildman–Crippen MR) is 59.2 cm³/mol. The molecule has 0 radical (unpaired) electrons. The lowest BCUT2D eigenvalue weighted by Gasteiger charge is -2.11. The molecule has 0 saturated heterocycles. The Bertz CT molecular complexity index is 634. The van der Waals surface area contributed by atoms with E-state index >= 15 is 0 Å². The maximum Gasteiger partial charge on any atom is 0.534 e. The lowest BCUT2D eigenvalue weighted by atomic mass is 10.1. The molecule has 0 amide bonds. The predicted octanol–water partition coefficient (Wildman–Crippen LogP) is 2.29. The molecule has 0 bridgehead atoms. The van der Waals surface area contributed by atoms with E-state index in [-0.39, 0.29) is 23.3 Å². The average Bonchev–Trinajstić information content (AvgIpc) is 2.55. The van der Waals surface area contributed by atoms with Gasteiger partial charge in [-0.15, -0.1) is 0 Å². The number of alkyl halides is 3. The number of Topliss-reactive ketones (excluding diaryl/α,β-unsaturated/α-hetero) is 1. The van der Waals surface area contributed by atoms with Crippen molar-refractivity contribution < 1.29 is 30.6 Å². The number of hydrogen-bond acceptors (Lipinski definition) is 4. The van der Waals surface area contributed by atoms with Crippen molar-refractivity contribution in [3.05, 3.63) is 29.3 Å². The highest BCUT2D eigenvalue weighted by Crippen LogP contribution is 2.36. The summed E-state index contributed by atoms with van der Waals surface area (Å²) in [5.74, 6) is -1.06. The van der Waals surface area contributed by atoms with Crippen LogP contribution in [-0.4, -0.2) is 19.7 Å². The van der Waals surface area contributed by atoms with Crippen LogP contribution in [-0.2, 0) is 16.5 Å². The molecule has 1 aliphatic carbocycles. The summed E-state index contributed by atoms with van der Waals surface area (Å²) in [5.41, 5.74) is -5.08. The Kier molecular flexibility index (Phi) is 3.08. The molecule has 1 aromatic rings. The SMILES string of the molecule is CC1Cc2c(OS(=O)(=O)C(F)(F)F)cccc2C1=O. The van der Waals surface area contributed by atoms with Crippen LogP contribution in [0.3, 0.4) is 0 Å². The van der Waals surface area contributed by atoms with Gasteiger partial charge < -0.3 is 4.18 Å². The molecule has 4 nitrogen and oxygen atoms in total. The van der Waals surface area contributed by atoms with Gasteiger partial charge in [0, 0.05) is 17.0 Å². The second-order valence-corrected chi connectivity index (χ2v) is 5.77. The molecule has 0 spiro atoms. The van der Waals surface area contributed by atoms with E-state index in [9.17, 15) is 26.4 Å². The molecule has 8 heteroatoms. The van der Waals surface area contributed by atoms with Gasteiger partial charge in [0.1, 0.15) is 5.75 Å². The van der Waals surface area contributed by atoms with Gasteiger partial charge in [-0.3, -0.25) is 4.79 Å². The maximum absolute atomic E-state index is 12.2. The van der Waals surface area contributed by atoms with Crippen molar-refractivity contribution in [1.29, 1.82) is 0 Å². The number of carbonyl (C=O) groups excluding carboxylic acids is 1. The van der Waals surface area contributed by atoms with Gasteiger partial charge in [-0.25, -0.2) is 0 Å². The van der Waals surface area contributed by atoms with Gasteiger partial charge in [-0.05, 0) is 12.5 Å². The summed E-state index contributed by atoms with van der Waals surface area (Å²) in [5, 5.41) is 0. The molecule has 0 heterocycles. The van der Waals surface area contributed by atoms with Gasteiger partial charge >= 0.3 is 15.6 Å². The van der Waals surface area contributed by atoms with Crippen molar-refractivity contribution in [2.75, 3.05) is 0 Å². The molecule has 104 valence electrons. The van der Waals surface area contributed by atoms with Gasteiger partial charge in [0.05, 0.1) is 0 Å². The largest absolute Gasteiger partial charge is 0.534 e. The molecule has 1 atom stereocenters. The van der Waals surface area contributed by atoms with Crippen molar-refractivity contribution in [3.8, 4) is 5.75 Å². The van der Waals surface area contributed by atoms with Crippen LogP contribution in [0.1, 0.15) is 22.8 Å². The molecule has 0 aromatic heterocycles. The first-order valence-electron chi connectivity index (χ1n) is 5.30. The number of ketones is 1. The number of carbonyl (C=O) groups is 1. The molecule has 0 fully saturated rings. The Hall–Kier alpha value is -1.57. The Morgan fingerprint density at radius 3 is 2.53 bits per heavy atom. The molecule has 1 aliphatic rings. The molecule has 0 saturated carbocycles. The molecule has 19 heavy (non-hydrogen) atoms. The Balaban J connectivity index is 2.43. The zero-order valence-electron chi connectivity index (χ0n) is 9.69. The quantitative estimate of drug-likeness (QED) is 0.620.